The predicted molar refractivity (Wildman–Crippen MR) is 75.1 cm³/mol. The number of rotatable bonds is 0. The van der Waals surface area contributed by atoms with Gasteiger partial charge in [0.25, 0.3) is 0 Å². The molecule has 0 saturated heterocycles. The number of fused-ring (bicyclic) bond motifs is 4. The third kappa shape index (κ3) is 1.46. The molecule has 4 rings (SSSR count). The molecule has 3 aromatic rings. The fourth-order valence-corrected chi connectivity index (χ4v) is 2.69. The second-order valence-corrected chi connectivity index (χ2v) is 4.82. The molecule has 2 nitrogen and oxygen atoms in total. The summed E-state index contributed by atoms with van der Waals surface area (Å²) in [5.74, 6) is 1.84. The number of benzene rings is 2. The van der Waals surface area contributed by atoms with Crippen molar-refractivity contribution in [1.82, 2.24) is 0 Å². The second-order valence-electron chi connectivity index (χ2n) is 4.82. The predicted octanol–water partition coefficient (Wildman–Crippen LogP) is 4.58. The molecule has 0 spiro atoms. The van der Waals surface area contributed by atoms with Crippen LogP contribution in [0.3, 0.4) is 0 Å². The van der Waals surface area contributed by atoms with Gasteiger partial charge in [0.1, 0.15) is 17.9 Å². The largest absolute Gasteiger partial charge is 0.488 e. The molecule has 2 heterocycles. The van der Waals surface area contributed by atoms with Crippen molar-refractivity contribution in [1.29, 1.82) is 0 Å². The van der Waals surface area contributed by atoms with Gasteiger partial charge in [-0.15, -0.1) is 0 Å². The zero-order valence-corrected chi connectivity index (χ0v) is 10.6. The topological polar surface area (TPSA) is 20.5 Å². The van der Waals surface area contributed by atoms with Gasteiger partial charge in [0.15, 0.2) is 0 Å². The van der Waals surface area contributed by atoms with Crippen molar-refractivity contribution in [3.8, 4) is 17.1 Å². The van der Waals surface area contributed by atoms with Gasteiger partial charge >= 0.3 is 11.3 Å². The van der Waals surface area contributed by atoms with E-state index in [9.17, 15) is 0 Å². The van der Waals surface area contributed by atoms with Gasteiger partial charge < -0.3 is 4.74 Å². The maximum atomic E-state index is 6.11. The Hall–Kier alpha value is -2.35. The van der Waals surface area contributed by atoms with Gasteiger partial charge in [0.2, 0.25) is 0 Å². The first-order valence-corrected chi connectivity index (χ1v) is 6.41. The summed E-state index contributed by atoms with van der Waals surface area (Å²) in [5.41, 5.74) is 4.36. The van der Waals surface area contributed by atoms with Crippen LogP contribution in [0.15, 0.2) is 52.9 Å². The van der Waals surface area contributed by atoms with Crippen molar-refractivity contribution >= 4 is 11.0 Å². The number of hydrogen-bond acceptors (Lipinski definition) is 1. The second kappa shape index (κ2) is 3.82. The van der Waals surface area contributed by atoms with Gasteiger partial charge in [-0.2, -0.15) is 0 Å². The Balaban J connectivity index is 2.11. The van der Waals surface area contributed by atoms with Crippen LogP contribution in [0.4, 0.5) is 0 Å². The van der Waals surface area contributed by atoms with Crippen LogP contribution >= 0.6 is 0 Å². The molecule has 2 heteroatoms. The van der Waals surface area contributed by atoms with Crippen LogP contribution in [0.2, 0.25) is 0 Å². The van der Waals surface area contributed by atoms with Crippen LogP contribution in [-0.4, -0.2) is 0 Å². The summed E-state index contributed by atoms with van der Waals surface area (Å²) in [6, 6.07) is 16.2. The van der Waals surface area contributed by atoms with Gasteiger partial charge in [0, 0.05) is 6.07 Å². The van der Waals surface area contributed by atoms with Crippen LogP contribution in [0.5, 0.6) is 5.75 Å². The van der Waals surface area contributed by atoms with Gasteiger partial charge in [-0.3, -0.25) is 0 Å². The fraction of sp³-hybridized carbons (Fsp3) is 0.118. The van der Waals surface area contributed by atoms with E-state index in [0.717, 1.165) is 33.6 Å². The Morgan fingerprint density at radius 3 is 2.74 bits per heavy atom. The molecule has 1 aromatic heterocycles. The Bertz CT molecular complexity index is 790. The van der Waals surface area contributed by atoms with E-state index in [4.69, 9.17) is 9.15 Å². The molecule has 2 aromatic carbocycles. The lowest BCUT2D eigenvalue weighted by atomic mass is 9.98. The molecule has 0 unspecified atom stereocenters. The number of para-hydroxylation sites is 2. The Labute approximate surface area is 111 Å². The van der Waals surface area contributed by atoms with E-state index in [1.165, 1.54) is 5.56 Å². The summed E-state index contributed by atoms with van der Waals surface area (Å²) in [6.07, 6.45) is 0. The third-order valence-corrected chi connectivity index (χ3v) is 3.73. The van der Waals surface area contributed by atoms with Crippen LogP contribution in [-0.2, 0) is 6.61 Å². The van der Waals surface area contributed by atoms with Crippen molar-refractivity contribution in [2.45, 2.75) is 13.5 Å². The van der Waals surface area contributed by atoms with Crippen molar-refractivity contribution in [3.05, 3.63) is 59.7 Å². The Morgan fingerprint density at radius 1 is 1.00 bits per heavy atom. The summed E-state index contributed by atoms with van der Waals surface area (Å²) in [5, 5.41) is 1.16. The van der Waals surface area contributed by atoms with Crippen LogP contribution in [0.25, 0.3) is 22.3 Å². The molecule has 1 aliphatic rings. The third-order valence-electron chi connectivity index (χ3n) is 3.73. The van der Waals surface area contributed by atoms with Crippen LogP contribution in [0.1, 0.15) is 11.1 Å². The highest BCUT2D eigenvalue weighted by molar-refractivity contribution is 5.85. The van der Waals surface area contributed by atoms with Crippen LogP contribution < -0.4 is 4.74 Å². The molecule has 0 radical (unpaired) electrons. The van der Waals surface area contributed by atoms with Gasteiger partial charge in [0.05, 0.1) is 10.9 Å². The molecule has 0 bridgehead atoms. The van der Waals surface area contributed by atoms with Gasteiger partial charge in [-0.1, -0.05) is 24.3 Å². The van der Waals surface area contributed by atoms with E-state index in [1.54, 1.807) is 0 Å². The van der Waals surface area contributed by atoms with E-state index >= 15 is 0 Å². The lowest BCUT2D eigenvalue weighted by molar-refractivity contribution is 0.295. The van der Waals surface area contributed by atoms with Crippen LogP contribution in [0, 0.1) is 6.92 Å². The molecule has 0 amide bonds. The fourth-order valence-electron chi connectivity index (χ4n) is 2.69. The minimum atomic E-state index is 0.576. The molecular formula is C17H13O2+. The standard InChI is InChI=1S/C17H13O2/c1-11-12-6-2-5-9-16(12)19-17-13-7-3-4-8-15(13)18-10-14(11)17/h2-9H,10H2,1H3/q+1. The molecule has 0 N–H and O–H groups in total. The maximum absolute atomic E-state index is 6.11. The summed E-state index contributed by atoms with van der Waals surface area (Å²) in [4.78, 5) is 0. The average molecular weight is 249 g/mol. The highest BCUT2D eigenvalue weighted by Crippen LogP contribution is 2.40. The molecule has 1 aliphatic heterocycles. The van der Waals surface area contributed by atoms with E-state index in [1.807, 2.05) is 42.5 Å². The van der Waals surface area contributed by atoms with E-state index in [0.29, 0.717) is 6.61 Å². The van der Waals surface area contributed by atoms with Gasteiger partial charge in [-0.05, 0) is 30.7 Å². The highest BCUT2D eigenvalue weighted by Gasteiger charge is 2.31. The average Bonchev–Trinajstić information content (AvgIpc) is 2.47. The summed E-state index contributed by atoms with van der Waals surface area (Å²) < 4.78 is 11.9. The molecule has 0 saturated carbocycles. The van der Waals surface area contributed by atoms with Crippen molar-refractivity contribution in [2.24, 2.45) is 0 Å². The Morgan fingerprint density at radius 2 is 1.79 bits per heavy atom. The normalized spacial score (nSPS) is 12.7. The molecule has 19 heavy (non-hydrogen) atoms. The molecular weight excluding hydrogens is 236 g/mol. The lowest BCUT2D eigenvalue weighted by Gasteiger charge is -2.16. The number of ether oxygens (including phenoxy) is 1. The van der Waals surface area contributed by atoms with Gasteiger partial charge in [-0.25, -0.2) is 4.42 Å². The van der Waals surface area contributed by atoms with E-state index in [2.05, 4.69) is 13.0 Å². The molecule has 92 valence electrons. The number of aryl methyl sites for hydroxylation is 1. The van der Waals surface area contributed by atoms with E-state index in [-0.39, 0.29) is 0 Å². The van der Waals surface area contributed by atoms with E-state index < -0.39 is 0 Å². The zero-order chi connectivity index (χ0) is 12.8. The summed E-state index contributed by atoms with van der Waals surface area (Å²) in [6.45, 7) is 2.71. The zero-order valence-electron chi connectivity index (χ0n) is 10.6. The minimum absolute atomic E-state index is 0.576. The smallest absolute Gasteiger partial charge is 0.371 e. The quantitative estimate of drug-likeness (QED) is 0.543. The minimum Gasteiger partial charge on any atom is -0.488 e. The first kappa shape index (κ1) is 10.6. The monoisotopic (exact) mass is 249 g/mol. The first-order valence-electron chi connectivity index (χ1n) is 6.41. The van der Waals surface area contributed by atoms with Crippen molar-refractivity contribution in [2.75, 3.05) is 0 Å². The van der Waals surface area contributed by atoms with Crippen molar-refractivity contribution < 1.29 is 9.15 Å². The lowest BCUT2D eigenvalue weighted by Crippen LogP contribution is -2.07. The molecule has 0 aliphatic carbocycles. The molecule has 0 fully saturated rings. The highest BCUT2D eigenvalue weighted by atomic mass is 16.5. The Kier molecular flexibility index (Phi) is 2.12. The summed E-state index contributed by atoms with van der Waals surface area (Å²) >= 11 is 0. The van der Waals surface area contributed by atoms with Crippen molar-refractivity contribution in [3.63, 3.8) is 0 Å². The molecule has 0 atom stereocenters. The maximum Gasteiger partial charge on any atom is 0.371 e. The summed E-state index contributed by atoms with van der Waals surface area (Å²) in [7, 11) is 0. The number of hydrogen-bond donors (Lipinski definition) is 0. The SMILES string of the molecule is Cc1c2c([o+]c3ccccc13)-c1ccccc1OC2. The first-order chi connectivity index (χ1) is 9.34.